The lowest BCUT2D eigenvalue weighted by molar-refractivity contribution is 0.101. The molecule has 1 atom stereocenters. The fraction of sp³-hybridized carbons (Fsp3) is 1.00. The first-order valence-corrected chi connectivity index (χ1v) is 7.08. The molecule has 102 valence electrons. The van der Waals surface area contributed by atoms with Crippen molar-refractivity contribution in [2.45, 2.75) is 45.6 Å². The lowest BCUT2D eigenvalue weighted by atomic mass is 9.93. The van der Waals surface area contributed by atoms with E-state index in [2.05, 4.69) is 38.0 Å². The molecule has 3 heteroatoms. The summed E-state index contributed by atoms with van der Waals surface area (Å²) in [7, 11) is 2.17. The molecule has 0 radical (unpaired) electrons. The van der Waals surface area contributed by atoms with Crippen LogP contribution in [0.15, 0.2) is 0 Å². The van der Waals surface area contributed by atoms with Crippen molar-refractivity contribution >= 4 is 0 Å². The van der Waals surface area contributed by atoms with E-state index in [9.17, 15) is 5.11 Å². The Morgan fingerprint density at radius 3 is 2.47 bits per heavy atom. The van der Waals surface area contributed by atoms with Gasteiger partial charge in [0.25, 0.3) is 0 Å². The van der Waals surface area contributed by atoms with Crippen LogP contribution in [0.4, 0.5) is 0 Å². The molecular formula is C14H30N2O. The Morgan fingerprint density at radius 2 is 2.06 bits per heavy atom. The molecule has 0 aromatic heterocycles. The van der Waals surface area contributed by atoms with Gasteiger partial charge >= 0.3 is 0 Å². The Kier molecular flexibility index (Phi) is 5.90. The number of nitrogens with one attached hydrogen (secondary N) is 1. The molecule has 0 aromatic carbocycles. The van der Waals surface area contributed by atoms with E-state index in [4.69, 9.17) is 0 Å². The van der Waals surface area contributed by atoms with Crippen LogP contribution in [0, 0.1) is 11.8 Å². The number of rotatable bonds is 9. The van der Waals surface area contributed by atoms with Gasteiger partial charge < -0.3 is 15.3 Å². The first kappa shape index (κ1) is 14.9. The molecule has 1 saturated carbocycles. The molecule has 0 amide bonds. The van der Waals surface area contributed by atoms with Gasteiger partial charge in [-0.05, 0) is 51.2 Å². The van der Waals surface area contributed by atoms with Crippen molar-refractivity contribution < 1.29 is 5.11 Å². The van der Waals surface area contributed by atoms with Gasteiger partial charge in [-0.3, -0.25) is 0 Å². The van der Waals surface area contributed by atoms with Crippen molar-refractivity contribution in [2.75, 3.05) is 33.3 Å². The van der Waals surface area contributed by atoms with E-state index < -0.39 is 0 Å². The van der Waals surface area contributed by atoms with Crippen molar-refractivity contribution in [1.82, 2.24) is 10.2 Å². The van der Waals surface area contributed by atoms with Crippen LogP contribution in [0.3, 0.4) is 0 Å². The van der Waals surface area contributed by atoms with Gasteiger partial charge in [0.05, 0.1) is 12.1 Å². The van der Waals surface area contributed by atoms with Gasteiger partial charge in [0.15, 0.2) is 0 Å². The summed E-state index contributed by atoms with van der Waals surface area (Å²) >= 11 is 0. The Bertz CT molecular complexity index is 216. The van der Waals surface area contributed by atoms with Gasteiger partial charge in [0.2, 0.25) is 0 Å². The summed E-state index contributed by atoms with van der Waals surface area (Å²) in [5.41, 5.74) is -0.0551. The number of hydrogen-bond acceptors (Lipinski definition) is 3. The summed E-state index contributed by atoms with van der Waals surface area (Å²) in [6.45, 7) is 9.94. The molecule has 1 unspecified atom stereocenters. The third-order valence-electron chi connectivity index (χ3n) is 3.81. The summed E-state index contributed by atoms with van der Waals surface area (Å²) in [6, 6.07) is 0. The molecule has 1 aliphatic rings. The summed E-state index contributed by atoms with van der Waals surface area (Å²) in [5, 5.41) is 13.3. The van der Waals surface area contributed by atoms with Crippen LogP contribution >= 0.6 is 0 Å². The van der Waals surface area contributed by atoms with Crippen molar-refractivity contribution in [3.05, 3.63) is 0 Å². The molecule has 1 fully saturated rings. The SMILES string of the molecule is CCNC(CO)(CN(C)CCC(C)C)C1CC1. The van der Waals surface area contributed by atoms with Gasteiger partial charge in [-0.15, -0.1) is 0 Å². The molecule has 1 rings (SSSR count). The van der Waals surface area contributed by atoms with Crippen LogP contribution in [-0.2, 0) is 0 Å². The zero-order valence-corrected chi connectivity index (χ0v) is 12.0. The van der Waals surface area contributed by atoms with Crippen LogP contribution < -0.4 is 5.32 Å². The Morgan fingerprint density at radius 1 is 1.41 bits per heavy atom. The molecule has 3 nitrogen and oxygen atoms in total. The predicted molar refractivity (Wildman–Crippen MR) is 73.2 cm³/mol. The lowest BCUT2D eigenvalue weighted by Crippen LogP contribution is -2.57. The average molecular weight is 242 g/mol. The monoisotopic (exact) mass is 242 g/mol. The zero-order valence-electron chi connectivity index (χ0n) is 12.0. The van der Waals surface area contributed by atoms with E-state index in [-0.39, 0.29) is 12.1 Å². The highest BCUT2D eigenvalue weighted by Gasteiger charge is 2.44. The van der Waals surface area contributed by atoms with E-state index >= 15 is 0 Å². The first-order valence-electron chi connectivity index (χ1n) is 7.08. The van der Waals surface area contributed by atoms with Crippen molar-refractivity contribution in [1.29, 1.82) is 0 Å². The zero-order chi connectivity index (χ0) is 12.9. The van der Waals surface area contributed by atoms with E-state index in [1.165, 1.54) is 19.3 Å². The molecule has 0 aromatic rings. The molecule has 0 bridgehead atoms. The van der Waals surface area contributed by atoms with Gasteiger partial charge in [0.1, 0.15) is 0 Å². The van der Waals surface area contributed by atoms with E-state index in [0.29, 0.717) is 5.92 Å². The van der Waals surface area contributed by atoms with E-state index in [1.807, 2.05) is 0 Å². The van der Waals surface area contributed by atoms with Crippen molar-refractivity contribution in [3.63, 3.8) is 0 Å². The van der Waals surface area contributed by atoms with Gasteiger partial charge in [-0.1, -0.05) is 20.8 Å². The first-order chi connectivity index (χ1) is 8.04. The summed E-state index contributed by atoms with van der Waals surface area (Å²) < 4.78 is 0. The molecule has 0 spiro atoms. The third-order valence-corrected chi connectivity index (χ3v) is 3.81. The van der Waals surface area contributed by atoms with Crippen molar-refractivity contribution in [3.8, 4) is 0 Å². The maximum Gasteiger partial charge on any atom is 0.0628 e. The standard InChI is InChI=1S/C14H30N2O/c1-5-15-14(11-17,13-6-7-13)10-16(4)9-8-12(2)3/h12-13,15,17H,5-11H2,1-4H3. The highest BCUT2D eigenvalue weighted by atomic mass is 16.3. The minimum atomic E-state index is -0.0551. The molecule has 1 aliphatic carbocycles. The Hall–Kier alpha value is -0.120. The third kappa shape index (κ3) is 4.57. The van der Waals surface area contributed by atoms with Crippen molar-refractivity contribution in [2.24, 2.45) is 11.8 Å². The highest BCUT2D eigenvalue weighted by molar-refractivity contribution is 5.02. The number of aliphatic hydroxyl groups excluding tert-OH is 1. The number of aliphatic hydroxyl groups is 1. The normalized spacial score (nSPS) is 19.9. The van der Waals surface area contributed by atoms with Gasteiger partial charge in [-0.25, -0.2) is 0 Å². The smallest absolute Gasteiger partial charge is 0.0628 e. The Labute approximate surface area is 107 Å². The summed E-state index contributed by atoms with van der Waals surface area (Å²) in [5.74, 6) is 1.43. The maximum absolute atomic E-state index is 9.76. The second-order valence-corrected chi connectivity index (χ2v) is 6.04. The number of hydrogen-bond donors (Lipinski definition) is 2. The topological polar surface area (TPSA) is 35.5 Å². The molecule has 0 saturated heterocycles. The van der Waals surface area contributed by atoms with E-state index in [0.717, 1.165) is 25.6 Å². The minimum absolute atomic E-state index is 0.0551. The second kappa shape index (κ2) is 6.72. The van der Waals surface area contributed by atoms with Crippen LogP contribution in [0.2, 0.25) is 0 Å². The molecular weight excluding hydrogens is 212 g/mol. The van der Waals surface area contributed by atoms with Crippen LogP contribution in [0.25, 0.3) is 0 Å². The largest absolute Gasteiger partial charge is 0.394 e. The molecule has 17 heavy (non-hydrogen) atoms. The predicted octanol–water partition coefficient (Wildman–Crippen LogP) is 1.71. The van der Waals surface area contributed by atoms with E-state index in [1.54, 1.807) is 0 Å². The average Bonchev–Trinajstić information content (AvgIpc) is 3.09. The highest BCUT2D eigenvalue weighted by Crippen LogP contribution is 2.39. The van der Waals surface area contributed by atoms with Crippen LogP contribution in [-0.4, -0.2) is 48.8 Å². The molecule has 0 aliphatic heterocycles. The fourth-order valence-corrected chi connectivity index (χ4v) is 2.59. The fourth-order valence-electron chi connectivity index (χ4n) is 2.59. The quantitative estimate of drug-likeness (QED) is 0.646. The van der Waals surface area contributed by atoms with Crippen LogP contribution in [0.5, 0.6) is 0 Å². The summed E-state index contributed by atoms with van der Waals surface area (Å²) in [4.78, 5) is 2.37. The minimum Gasteiger partial charge on any atom is -0.394 e. The molecule has 2 N–H and O–H groups in total. The van der Waals surface area contributed by atoms with Gasteiger partial charge in [0, 0.05) is 6.54 Å². The van der Waals surface area contributed by atoms with Crippen LogP contribution in [0.1, 0.15) is 40.0 Å². The van der Waals surface area contributed by atoms with Gasteiger partial charge in [-0.2, -0.15) is 0 Å². The number of nitrogens with zero attached hydrogens (tertiary/aromatic N) is 1. The second-order valence-electron chi connectivity index (χ2n) is 6.04. The summed E-state index contributed by atoms with van der Waals surface area (Å²) in [6.07, 6.45) is 3.77. The number of likely N-dealkylation sites (N-methyl/N-ethyl adjacent to an activating group) is 2. The Balaban J connectivity index is 2.47. The lowest BCUT2D eigenvalue weighted by Gasteiger charge is -2.37. The maximum atomic E-state index is 9.76. The molecule has 0 heterocycles.